The van der Waals surface area contributed by atoms with Crippen molar-refractivity contribution in [1.29, 1.82) is 0 Å². The number of pyridine rings is 1. The molecular formula is C10H9F2N3O2S. The van der Waals surface area contributed by atoms with E-state index in [1.165, 1.54) is 23.3 Å². The van der Waals surface area contributed by atoms with Gasteiger partial charge in [-0.3, -0.25) is 4.98 Å². The van der Waals surface area contributed by atoms with Gasteiger partial charge in [0.1, 0.15) is 0 Å². The van der Waals surface area contributed by atoms with E-state index in [0.717, 1.165) is 0 Å². The van der Waals surface area contributed by atoms with E-state index >= 15 is 0 Å². The molecule has 5 nitrogen and oxygen atoms in total. The van der Waals surface area contributed by atoms with Gasteiger partial charge in [0.05, 0.1) is 23.8 Å². The first-order valence-corrected chi connectivity index (χ1v) is 6.64. The Morgan fingerprint density at radius 3 is 2.72 bits per heavy atom. The molecule has 0 aliphatic heterocycles. The Labute approximate surface area is 102 Å². The maximum Gasteiger partial charge on any atom is 0.337 e. The van der Waals surface area contributed by atoms with Crippen LogP contribution in [0.2, 0.25) is 0 Å². The minimum absolute atomic E-state index is 0.208. The van der Waals surface area contributed by atoms with E-state index in [2.05, 4.69) is 10.1 Å². The van der Waals surface area contributed by atoms with Gasteiger partial charge < -0.3 is 0 Å². The average Bonchev–Trinajstić information content (AvgIpc) is 2.78. The fraction of sp³-hybridized carbons (Fsp3) is 0.200. The Hall–Kier alpha value is -1.83. The minimum atomic E-state index is -4.42. The highest BCUT2D eigenvalue weighted by atomic mass is 32.2. The van der Waals surface area contributed by atoms with Crippen LogP contribution in [0.15, 0.2) is 36.9 Å². The van der Waals surface area contributed by atoms with Crippen molar-refractivity contribution in [2.75, 3.05) is 0 Å². The lowest BCUT2D eigenvalue weighted by Gasteiger charge is -2.00. The molecule has 2 heterocycles. The smallest absolute Gasteiger partial charge is 0.262 e. The molecule has 0 unspecified atom stereocenters. The molecule has 0 aliphatic rings. The van der Waals surface area contributed by atoms with Crippen molar-refractivity contribution in [3.63, 3.8) is 0 Å². The SMILES string of the molecule is O=S(=O)(Cc1cnn(-c2cccnc2)c1)C(F)F. The monoisotopic (exact) mass is 273 g/mol. The quantitative estimate of drug-likeness (QED) is 0.844. The van der Waals surface area contributed by atoms with Crippen LogP contribution in [-0.2, 0) is 15.6 Å². The molecule has 8 heteroatoms. The van der Waals surface area contributed by atoms with E-state index < -0.39 is 21.3 Å². The Kier molecular flexibility index (Phi) is 3.37. The molecule has 0 aromatic carbocycles. The van der Waals surface area contributed by atoms with Crippen LogP contribution in [0.5, 0.6) is 0 Å². The normalized spacial score (nSPS) is 11.9. The summed E-state index contributed by atoms with van der Waals surface area (Å²) in [5, 5.41) is 3.90. The number of hydrogen-bond donors (Lipinski definition) is 0. The van der Waals surface area contributed by atoms with Crippen LogP contribution in [0.1, 0.15) is 5.56 Å². The molecule has 0 bridgehead atoms. The molecule has 2 rings (SSSR count). The highest BCUT2D eigenvalue weighted by molar-refractivity contribution is 7.90. The Morgan fingerprint density at radius 2 is 2.11 bits per heavy atom. The van der Waals surface area contributed by atoms with Crippen LogP contribution in [0.3, 0.4) is 0 Å². The minimum Gasteiger partial charge on any atom is -0.262 e. The number of sulfone groups is 1. The summed E-state index contributed by atoms with van der Waals surface area (Å²) in [5.74, 6) is -4.11. The third-order valence-corrected chi connectivity index (χ3v) is 3.46. The second-order valence-electron chi connectivity index (χ2n) is 3.57. The zero-order valence-corrected chi connectivity index (χ0v) is 9.89. The summed E-state index contributed by atoms with van der Waals surface area (Å²) in [7, 11) is -4.42. The molecule has 0 radical (unpaired) electrons. The maximum atomic E-state index is 12.2. The van der Waals surface area contributed by atoms with Gasteiger partial charge in [0.15, 0.2) is 0 Å². The van der Waals surface area contributed by atoms with Gasteiger partial charge >= 0.3 is 5.76 Å². The van der Waals surface area contributed by atoms with Gasteiger partial charge in [-0.15, -0.1) is 0 Å². The summed E-state index contributed by atoms with van der Waals surface area (Å²) in [4.78, 5) is 3.87. The van der Waals surface area contributed by atoms with E-state index in [1.807, 2.05) is 0 Å². The first kappa shape index (κ1) is 12.6. The predicted molar refractivity (Wildman–Crippen MR) is 60.0 cm³/mol. The summed E-state index contributed by atoms with van der Waals surface area (Å²) in [5.41, 5.74) is 0.831. The number of hydrogen-bond acceptors (Lipinski definition) is 4. The largest absolute Gasteiger partial charge is 0.337 e. The number of halogens is 2. The first-order valence-electron chi connectivity index (χ1n) is 4.93. The third-order valence-electron chi connectivity index (χ3n) is 2.19. The number of aromatic nitrogens is 3. The summed E-state index contributed by atoms with van der Waals surface area (Å²) < 4.78 is 47.9. The second kappa shape index (κ2) is 4.81. The van der Waals surface area contributed by atoms with Crippen molar-refractivity contribution in [3.05, 3.63) is 42.5 Å². The molecule has 0 amide bonds. The van der Waals surface area contributed by atoms with Gasteiger partial charge in [-0.1, -0.05) is 0 Å². The third kappa shape index (κ3) is 2.70. The van der Waals surface area contributed by atoms with Crippen LogP contribution in [0, 0.1) is 0 Å². The van der Waals surface area contributed by atoms with Crippen molar-refractivity contribution in [2.45, 2.75) is 11.5 Å². The van der Waals surface area contributed by atoms with Crippen LogP contribution in [0.4, 0.5) is 8.78 Å². The van der Waals surface area contributed by atoms with E-state index in [4.69, 9.17) is 0 Å². The van der Waals surface area contributed by atoms with Gasteiger partial charge in [-0.25, -0.2) is 13.1 Å². The molecule has 18 heavy (non-hydrogen) atoms. The van der Waals surface area contributed by atoms with Crippen molar-refractivity contribution >= 4 is 9.84 Å². The molecule has 0 saturated heterocycles. The van der Waals surface area contributed by atoms with E-state index in [1.54, 1.807) is 18.3 Å². The van der Waals surface area contributed by atoms with Gasteiger partial charge in [0.2, 0.25) is 9.84 Å². The van der Waals surface area contributed by atoms with Crippen molar-refractivity contribution in [2.24, 2.45) is 0 Å². The molecule has 0 aliphatic carbocycles. The summed E-state index contributed by atoms with van der Waals surface area (Å²) in [6, 6.07) is 3.40. The second-order valence-corrected chi connectivity index (χ2v) is 5.54. The van der Waals surface area contributed by atoms with Crippen LogP contribution < -0.4 is 0 Å². The van der Waals surface area contributed by atoms with Gasteiger partial charge in [-0.2, -0.15) is 13.9 Å². The number of alkyl halides is 2. The standard InChI is InChI=1S/C10H9F2N3O2S/c11-10(12)18(16,17)7-8-4-14-15(6-8)9-2-1-3-13-5-9/h1-6,10H,7H2. The highest BCUT2D eigenvalue weighted by Gasteiger charge is 2.24. The lowest BCUT2D eigenvalue weighted by atomic mass is 10.4. The van der Waals surface area contributed by atoms with Gasteiger partial charge in [0, 0.05) is 18.0 Å². The summed E-state index contributed by atoms with van der Waals surface area (Å²) in [6.07, 6.45) is 5.73. The number of nitrogens with zero attached hydrogens (tertiary/aromatic N) is 3. The zero-order valence-electron chi connectivity index (χ0n) is 9.07. The fourth-order valence-electron chi connectivity index (χ4n) is 1.36. The fourth-order valence-corrected chi connectivity index (χ4v) is 2.10. The van der Waals surface area contributed by atoms with Gasteiger partial charge in [0.25, 0.3) is 0 Å². The van der Waals surface area contributed by atoms with Crippen LogP contribution >= 0.6 is 0 Å². The summed E-state index contributed by atoms with van der Waals surface area (Å²) >= 11 is 0. The van der Waals surface area contributed by atoms with E-state index in [-0.39, 0.29) is 5.56 Å². The summed E-state index contributed by atoms with van der Waals surface area (Å²) in [6.45, 7) is 0. The van der Waals surface area contributed by atoms with E-state index in [0.29, 0.717) is 5.69 Å². The maximum absolute atomic E-state index is 12.2. The lowest BCUT2D eigenvalue weighted by molar-refractivity contribution is 0.234. The van der Waals surface area contributed by atoms with Crippen molar-refractivity contribution in [3.8, 4) is 5.69 Å². The number of rotatable bonds is 4. The molecule has 0 N–H and O–H groups in total. The van der Waals surface area contributed by atoms with Crippen molar-refractivity contribution < 1.29 is 17.2 Å². The predicted octanol–water partition coefficient (Wildman–Crippen LogP) is 1.40. The van der Waals surface area contributed by atoms with Crippen molar-refractivity contribution in [1.82, 2.24) is 14.8 Å². The Balaban J connectivity index is 2.22. The van der Waals surface area contributed by atoms with Crippen LogP contribution in [-0.4, -0.2) is 28.9 Å². The Morgan fingerprint density at radius 1 is 1.33 bits per heavy atom. The highest BCUT2D eigenvalue weighted by Crippen LogP contribution is 2.14. The molecular weight excluding hydrogens is 264 g/mol. The molecule has 0 atom stereocenters. The Bertz CT molecular complexity index is 626. The molecule has 0 saturated carbocycles. The molecule has 2 aromatic rings. The van der Waals surface area contributed by atoms with Gasteiger partial charge in [-0.05, 0) is 12.1 Å². The first-order chi connectivity index (χ1) is 8.49. The van der Waals surface area contributed by atoms with E-state index in [9.17, 15) is 17.2 Å². The zero-order chi connectivity index (χ0) is 13.2. The average molecular weight is 273 g/mol. The lowest BCUT2D eigenvalue weighted by Crippen LogP contribution is -2.13. The molecule has 2 aromatic heterocycles. The molecule has 0 spiro atoms. The van der Waals surface area contributed by atoms with Crippen LogP contribution in [0.25, 0.3) is 5.69 Å². The topological polar surface area (TPSA) is 64.8 Å². The molecule has 0 fully saturated rings. The molecule has 96 valence electrons.